The Morgan fingerprint density at radius 1 is 1.56 bits per heavy atom. The van der Waals surface area contributed by atoms with Crippen LogP contribution in [0.5, 0.6) is 0 Å². The zero-order valence-electron chi connectivity index (χ0n) is 5.92. The van der Waals surface area contributed by atoms with Gasteiger partial charge in [-0.25, -0.2) is 0 Å². The maximum atomic E-state index is 4.32. The summed E-state index contributed by atoms with van der Waals surface area (Å²) in [6.07, 6.45) is 0. The van der Waals surface area contributed by atoms with Crippen LogP contribution in [-0.4, -0.2) is 22.3 Å². The Morgan fingerprint density at radius 3 is 2.11 bits per heavy atom. The van der Waals surface area contributed by atoms with Crippen molar-refractivity contribution in [2.45, 2.75) is 13.8 Å². The molecule has 0 saturated carbocycles. The molecule has 50 valence electrons. The Balaban J connectivity index is 3.95. The molecule has 0 heterocycles. The average molecular weight is 215 g/mol. The van der Waals surface area contributed by atoms with Crippen molar-refractivity contribution in [3.63, 3.8) is 0 Å². The van der Waals surface area contributed by atoms with Crippen molar-refractivity contribution < 1.29 is 16.6 Å². The number of nitrogens with zero attached hydrogens (tertiary/aromatic N) is 1. The number of hydrogen-bond acceptors (Lipinski definition) is 0. The first-order valence-corrected chi connectivity index (χ1v) is 8.05. The molecule has 0 amide bonds. The van der Waals surface area contributed by atoms with Gasteiger partial charge in [-0.1, -0.05) is 0 Å². The molecule has 0 bridgehead atoms. The summed E-state index contributed by atoms with van der Waals surface area (Å²) in [6, 6.07) is 0. The van der Waals surface area contributed by atoms with E-state index in [0.717, 1.165) is 13.1 Å². The molecular formula is C5H11NS2Zn. The normalized spacial score (nSPS) is 10.0. The van der Waals surface area contributed by atoms with Crippen LogP contribution in [0.4, 0.5) is 0 Å². The van der Waals surface area contributed by atoms with E-state index in [1.807, 2.05) is 8.84 Å². The van der Waals surface area contributed by atoms with Gasteiger partial charge in [-0.3, -0.25) is 0 Å². The van der Waals surface area contributed by atoms with Crippen molar-refractivity contribution in [3.8, 4) is 0 Å². The zero-order valence-corrected chi connectivity index (χ0v) is 10.6. The van der Waals surface area contributed by atoms with Crippen LogP contribution in [0, 0.1) is 0 Å². The molecule has 0 unspecified atom stereocenters. The Morgan fingerprint density at radius 2 is 2.00 bits per heavy atom. The standard InChI is InChI=1S/C5H11NS2.Zn/c1-3-6(4-2)5(7)8;/h3-4H2,1-2H3,(H,7,8);. The Hall–Kier alpha value is 1.02. The summed E-state index contributed by atoms with van der Waals surface area (Å²) < 4.78 is 1.17. The fraction of sp³-hybridized carbons (Fsp3) is 0.800. The summed E-state index contributed by atoms with van der Waals surface area (Å²) >= 11 is 5.55. The van der Waals surface area contributed by atoms with E-state index in [1.165, 1.54) is 20.9 Å². The number of thiol groups is 1. The van der Waals surface area contributed by atoms with Gasteiger partial charge >= 0.3 is 74.2 Å². The third kappa shape index (κ3) is 3.66. The van der Waals surface area contributed by atoms with E-state index in [9.17, 15) is 0 Å². The monoisotopic (exact) mass is 213 g/mol. The second-order valence-corrected chi connectivity index (χ2v) is 4.82. The van der Waals surface area contributed by atoms with Crippen LogP contribution in [0.3, 0.4) is 0 Å². The van der Waals surface area contributed by atoms with E-state index in [-0.39, 0.29) is 0 Å². The average Bonchev–Trinajstić information content (AvgIpc) is 1.90. The Bertz CT molecular complexity index is 127. The second-order valence-electron chi connectivity index (χ2n) is 1.60. The predicted octanol–water partition coefficient (Wildman–Crippen LogP) is 1.54. The summed E-state index contributed by atoms with van der Waals surface area (Å²) in [5.74, 6) is 0. The van der Waals surface area contributed by atoms with Crippen LogP contribution in [0.25, 0.3) is 0 Å². The fourth-order valence-electron chi connectivity index (χ4n) is 0.585. The van der Waals surface area contributed by atoms with Crippen LogP contribution < -0.4 is 0 Å². The van der Waals surface area contributed by atoms with Crippen LogP contribution >= 0.6 is 21.5 Å². The van der Waals surface area contributed by atoms with Crippen molar-refractivity contribution in [1.29, 1.82) is 0 Å². The van der Waals surface area contributed by atoms with Gasteiger partial charge in [0.1, 0.15) is 0 Å². The van der Waals surface area contributed by atoms with Gasteiger partial charge < -0.3 is 0 Å². The maximum absolute atomic E-state index is 4.32. The molecule has 0 N–H and O–H groups in total. The first kappa shape index (κ1) is 10.0. The van der Waals surface area contributed by atoms with Crippen LogP contribution in [0.2, 0.25) is 0 Å². The summed E-state index contributed by atoms with van der Waals surface area (Å²) in [5.41, 5.74) is 0. The zero-order chi connectivity index (χ0) is 7.28. The number of rotatable bonds is 2. The van der Waals surface area contributed by atoms with Crippen molar-refractivity contribution in [2.75, 3.05) is 13.1 Å². The van der Waals surface area contributed by atoms with E-state index in [0.29, 0.717) is 0 Å². The van der Waals surface area contributed by atoms with E-state index >= 15 is 0 Å². The van der Waals surface area contributed by atoms with Crippen molar-refractivity contribution in [1.82, 2.24) is 4.90 Å². The molecule has 4 heteroatoms. The SMILES string of the molecule is CCN(CC)C(S)=[S]=[Zn]. The molecular weight excluding hydrogens is 204 g/mol. The molecule has 0 aliphatic rings. The molecule has 1 nitrogen and oxygen atoms in total. The molecule has 9 heavy (non-hydrogen) atoms. The van der Waals surface area contributed by atoms with Gasteiger partial charge in [-0.2, -0.15) is 0 Å². The van der Waals surface area contributed by atoms with E-state index in [2.05, 4.69) is 31.4 Å². The molecule has 0 aliphatic heterocycles. The molecule has 0 aromatic carbocycles. The fourth-order valence-corrected chi connectivity index (χ4v) is 2.46. The van der Waals surface area contributed by atoms with Gasteiger partial charge in [0, 0.05) is 0 Å². The third-order valence-corrected chi connectivity index (χ3v) is 5.60. The summed E-state index contributed by atoms with van der Waals surface area (Å²) in [5, 5.41) is 0. The van der Waals surface area contributed by atoms with Gasteiger partial charge in [0.15, 0.2) is 0 Å². The minimum atomic E-state index is 1.07. The summed E-state index contributed by atoms with van der Waals surface area (Å²) in [4.78, 5) is 2.25. The van der Waals surface area contributed by atoms with Crippen LogP contribution in [0.1, 0.15) is 13.8 Å². The minimum absolute atomic E-state index is 1.07. The van der Waals surface area contributed by atoms with Gasteiger partial charge in [0.2, 0.25) is 0 Å². The van der Waals surface area contributed by atoms with E-state index < -0.39 is 0 Å². The molecule has 0 spiro atoms. The molecule has 0 aromatic heterocycles. The van der Waals surface area contributed by atoms with Gasteiger partial charge in [0.25, 0.3) is 0 Å². The van der Waals surface area contributed by atoms with E-state index in [1.54, 1.807) is 0 Å². The van der Waals surface area contributed by atoms with Crippen LogP contribution in [0.15, 0.2) is 0 Å². The predicted molar refractivity (Wildman–Crippen MR) is 44.5 cm³/mol. The quantitative estimate of drug-likeness (QED) is 0.415. The first-order chi connectivity index (χ1) is 4.26. The summed E-state index contributed by atoms with van der Waals surface area (Å²) in [6.45, 7) is 6.44. The number of hydrogen-bond donors (Lipinski definition) is 1. The summed E-state index contributed by atoms with van der Waals surface area (Å²) in [7, 11) is 1.81. The van der Waals surface area contributed by atoms with Crippen molar-refractivity contribution >= 4 is 25.8 Å². The molecule has 0 radical (unpaired) electrons. The van der Waals surface area contributed by atoms with Gasteiger partial charge in [-0.05, 0) is 0 Å². The van der Waals surface area contributed by atoms with Crippen molar-refractivity contribution in [2.24, 2.45) is 0 Å². The topological polar surface area (TPSA) is 3.24 Å². The van der Waals surface area contributed by atoms with Crippen LogP contribution in [-0.2, 0) is 16.6 Å². The molecule has 0 aromatic rings. The Kier molecular flexibility index (Phi) is 6.44. The van der Waals surface area contributed by atoms with Gasteiger partial charge in [0.05, 0.1) is 0 Å². The van der Waals surface area contributed by atoms with Gasteiger partial charge in [-0.15, -0.1) is 0 Å². The molecule has 0 aliphatic carbocycles. The third-order valence-electron chi connectivity index (χ3n) is 1.16. The van der Waals surface area contributed by atoms with E-state index in [4.69, 9.17) is 0 Å². The molecule has 0 rings (SSSR count). The second kappa shape index (κ2) is 5.78. The molecule has 0 atom stereocenters. The molecule has 0 saturated heterocycles. The first-order valence-electron chi connectivity index (χ1n) is 2.99. The Labute approximate surface area is 74.1 Å². The molecule has 0 fully saturated rings. The van der Waals surface area contributed by atoms with Crippen molar-refractivity contribution in [3.05, 3.63) is 0 Å².